The molecular weight excluding hydrogens is 242 g/mol. The minimum atomic E-state index is 0.642. The standard InChI is InChI=1S/C14H25N3S/c1-4-7-15-8-13-10-18-14(16-13)17-9-11(2)5-6-12(17)3/h10-12,15H,4-9H2,1-3H3. The molecule has 1 fully saturated rings. The molecule has 2 atom stereocenters. The lowest BCUT2D eigenvalue weighted by atomic mass is 9.96. The summed E-state index contributed by atoms with van der Waals surface area (Å²) in [5.74, 6) is 0.798. The molecule has 102 valence electrons. The minimum absolute atomic E-state index is 0.642. The molecule has 4 heteroatoms. The molecule has 1 aromatic rings. The highest BCUT2D eigenvalue weighted by molar-refractivity contribution is 7.13. The van der Waals surface area contributed by atoms with Gasteiger partial charge in [-0.15, -0.1) is 11.3 Å². The average Bonchev–Trinajstić information content (AvgIpc) is 2.81. The van der Waals surface area contributed by atoms with E-state index in [0.29, 0.717) is 6.04 Å². The van der Waals surface area contributed by atoms with Crippen LogP contribution in [0.4, 0.5) is 5.13 Å². The lowest BCUT2D eigenvalue weighted by molar-refractivity contribution is 0.390. The van der Waals surface area contributed by atoms with Crippen LogP contribution in [-0.4, -0.2) is 24.1 Å². The zero-order valence-electron chi connectivity index (χ0n) is 11.8. The summed E-state index contributed by atoms with van der Waals surface area (Å²) in [4.78, 5) is 7.26. The van der Waals surface area contributed by atoms with Gasteiger partial charge in [0.1, 0.15) is 0 Å². The van der Waals surface area contributed by atoms with E-state index in [9.17, 15) is 0 Å². The summed E-state index contributed by atoms with van der Waals surface area (Å²) in [5, 5.41) is 6.82. The van der Waals surface area contributed by atoms with Gasteiger partial charge < -0.3 is 10.2 Å². The van der Waals surface area contributed by atoms with E-state index in [0.717, 1.165) is 25.6 Å². The number of nitrogens with one attached hydrogen (secondary N) is 1. The minimum Gasteiger partial charge on any atom is -0.345 e. The van der Waals surface area contributed by atoms with E-state index >= 15 is 0 Å². The molecule has 0 saturated carbocycles. The molecule has 0 aliphatic carbocycles. The van der Waals surface area contributed by atoms with Crippen molar-refractivity contribution >= 4 is 16.5 Å². The topological polar surface area (TPSA) is 28.2 Å². The smallest absolute Gasteiger partial charge is 0.185 e. The lowest BCUT2D eigenvalue weighted by Crippen LogP contribution is -2.41. The molecule has 0 radical (unpaired) electrons. The average molecular weight is 267 g/mol. The molecule has 1 saturated heterocycles. The van der Waals surface area contributed by atoms with Gasteiger partial charge in [0, 0.05) is 24.5 Å². The Kier molecular flexibility index (Phi) is 5.01. The predicted octanol–water partition coefficient (Wildman–Crippen LogP) is 3.27. The number of thiazole rings is 1. The summed E-state index contributed by atoms with van der Waals surface area (Å²) in [7, 11) is 0. The maximum atomic E-state index is 4.77. The van der Waals surface area contributed by atoms with E-state index in [1.54, 1.807) is 11.3 Å². The summed E-state index contributed by atoms with van der Waals surface area (Å²) in [5.41, 5.74) is 1.19. The van der Waals surface area contributed by atoms with Crippen LogP contribution in [0.3, 0.4) is 0 Å². The van der Waals surface area contributed by atoms with Crippen molar-refractivity contribution in [2.45, 2.75) is 52.6 Å². The quantitative estimate of drug-likeness (QED) is 0.830. The third kappa shape index (κ3) is 3.45. The van der Waals surface area contributed by atoms with Crippen LogP contribution in [0.15, 0.2) is 5.38 Å². The van der Waals surface area contributed by atoms with Gasteiger partial charge in [-0.25, -0.2) is 4.98 Å². The molecular formula is C14H25N3S. The van der Waals surface area contributed by atoms with Crippen LogP contribution >= 0.6 is 11.3 Å². The lowest BCUT2D eigenvalue weighted by Gasteiger charge is -2.36. The van der Waals surface area contributed by atoms with Gasteiger partial charge >= 0.3 is 0 Å². The molecule has 0 spiro atoms. The fraction of sp³-hybridized carbons (Fsp3) is 0.786. The Bertz CT molecular complexity index is 364. The van der Waals surface area contributed by atoms with Crippen molar-refractivity contribution in [3.05, 3.63) is 11.1 Å². The summed E-state index contributed by atoms with van der Waals surface area (Å²) >= 11 is 1.79. The van der Waals surface area contributed by atoms with Gasteiger partial charge in [-0.1, -0.05) is 13.8 Å². The highest BCUT2D eigenvalue weighted by Crippen LogP contribution is 2.29. The second kappa shape index (κ2) is 6.53. The van der Waals surface area contributed by atoms with Gasteiger partial charge in [-0.05, 0) is 38.6 Å². The van der Waals surface area contributed by atoms with Gasteiger partial charge in [-0.3, -0.25) is 0 Å². The molecule has 1 aliphatic heterocycles. The van der Waals surface area contributed by atoms with Crippen molar-refractivity contribution < 1.29 is 0 Å². The molecule has 0 aromatic carbocycles. The van der Waals surface area contributed by atoms with Gasteiger partial charge in [0.25, 0.3) is 0 Å². The molecule has 1 aliphatic rings. The number of anilines is 1. The number of rotatable bonds is 5. The van der Waals surface area contributed by atoms with Crippen molar-refractivity contribution in [3.8, 4) is 0 Å². The number of nitrogens with zero attached hydrogens (tertiary/aromatic N) is 2. The first-order valence-corrected chi connectivity index (χ1v) is 8.00. The molecule has 1 N–H and O–H groups in total. The van der Waals surface area contributed by atoms with Gasteiger partial charge in [0.2, 0.25) is 0 Å². The molecule has 3 nitrogen and oxygen atoms in total. The molecule has 2 heterocycles. The third-order valence-corrected chi connectivity index (χ3v) is 4.56. The third-order valence-electron chi connectivity index (χ3n) is 3.64. The second-order valence-corrected chi connectivity index (χ2v) is 6.32. The first kappa shape index (κ1) is 13.8. The van der Waals surface area contributed by atoms with Crippen molar-refractivity contribution in [2.75, 3.05) is 18.0 Å². The Morgan fingerprint density at radius 2 is 2.28 bits per heavy atom. The zero-order chi connectivity index (χ0) is 13.0. The summed E-state index contributed by atoms with van der Waals surface area (Å²) in [6.45, 7) is 10.00. The molecule has 0 bridgehead atoms. The number of hydrogen-bond donors (Lipinski definition) is 1. The summed E-state index contributed by atoms with van der Waals surface area (Å²) in [6.07, 6.45) is 3.83. The van der Waals surface area contributed by atoms with E-state index in [-0.39, 0.29) is 0 Å². The molecule has 2 rings (SSSR count). The fourth-order valence-corrected chi connectivity index (χ4v) is 3.40. The van der Waals surface area contributed by atoms with Gasteiger partial charge in [-0.2, -0.15) is 0 Å². The normalized spacial score (nSPS) is 24.5. The SMILES string of the molecule is CCCNCc1csc(N2CC(C)CCC2C)n1. The van der Waals surface area contributed by atoms with E-state index in [2.05, 4.69) is 36.4 Å². The van der Waals surface area contributed by atoms with Crippen LogP contribution in [0.5, 0.6) is 0 Å². The first-order chi connectivity index (χ1) is 8.70. The maximum Gasteiger partial charge on any atom is 0.185 e. The predicted molar refractivity (Wildman–Crippen MR) is 79.3 cm³/mol. The van der Waals surface area contributed by atoms with E-state index < -0.39 is 0 Å². The van der Waals surface area contributed by atoms with E-state index in [4.69, 9.17) is 4.98 Å². The van der Waals surface area contributed by atoms with Crippen LogP contribution in [0.25, 0.3) is 0 Å². The Hall–Kier alpha value is -0.610. The summed E-state index contributed by atoms with van der Waals surface area (Å²) in [6, 6.07) is 0.642. The maximum absolute atomic E-state index is 4.77. The highest BCUT2D eigenvalue weighted by Gasteiger charge is 2.24. The molecule has 18 heavy (non-hydrogen) atoms. The van der Waals surface area contributed by atoms with Gasteiger partial charge in [0.15, 0.2) is 5.13 Å². The zero-order valence-corrected chi connectivity index (χ0v) is 12.6. The fourth-order valence-electron chi connectivity index (χ4n) is 2.46. The molecule has 0 amide bonds. The van der Waals surface area contributed by atoms with Gasteiger partial charge in [0.05, 0.1) is 5.69 Å². The van der Waals surface area contributed by atoms with Crippen LogP contribution in [0.1, 0.15) is 45.7 Å². The largest absolute Gasteiger partial charge is 0.345 e. The Labute approximate surface area is 115 Å². The molecule has 2 unspecified atom stereocenters. The van der Waals surface area contributed by atoms with Crippen molar-refractivity contribution in [1.82, 2.24) is 10.3 Å². The van der Waals surface area contributed by atoms with Crippen molar-refractivity contribution in [1.29, 1.82) is 0 Å². The van der Waals surface area contributed by atoms with Crippen LogP contribution in [0.2, 0.25) is 0 Å². The first-order valence-electron chi connectivity index (χ1n) is 7.12. The van der Waals surface area contributed by atoms with Crippen LogP contribution in [-0.2, 0) is 6.54 Å². The van der Waals surface area contributed by atoms with E-state index in [1.807, 2.05) is 0 Å². The second-order valence-electron chi connectivity index (χ2n) is 5.48. The van der Waals surface area contributed by atoms with Crippen molar-refractivity contribution in [3.63, 3.8) is 0 Å². The van der Waals surface area contributed by atoms with E-state index in [1.165, 1.54) is 30.1 Å². The number of hydrogen-bond acceptors (Lipinski definition) is 4. The van der Waals surface area contributed by atoms with Crippen LogP contribution in [0, 0.1) is 5.92 Å². The molecule has 1 aromatic heterocycles. The Balaban J connectivity index is 1.95. The Morgan fingerprint density at radius 3 is 3.06 bits per heavy atom. The summed E-state index contributed by atoms with van der Waals surface area (Å²) < 4.78 is 0. The van der Waals surface area contributed by atoms with Crippen molar-refractivity contribution in [2.24, 2.45) is 5.92 Å². The highest BCUT2D eigenvalue weighted by atomic mass is 32.1. The van der Waals surface area contributed by atoms with Crippen LogP contribution < -0.4 is 10.2 Å². The monoisotopic (exact) mass is 267 g/mol. The Morgan fingerprint density at radius 1 is 1.44 bits per heavy atom. The number of piperidine rings is 1. The number of aromatic nitrogens is 1.